The number of nitrogens with two attached hydrogens (primary N) is 1. The van der Waals surface area contributed by atoms with Crippen molar-refractivity contribution in [3.63, 3.8) is 0 Å². The van der Waals surface area contributed by atoms with Crippen LogP contribution >= 0.6 is 0 Å². The summed E-state index contributed by atoms with van der Waals surface area (Å²) in [5.74, 6) is -0.0189. The Balaban J connectivity index is 1.49. The minimum absolute atomic E-state index is 0.0263. The molecule has 33 heavy (non-hydrogen) atoms. The van der Waals surface area contributed by atoms with Gasteiger partial charge in [-0.1, -0.05) is 23.4 Å². The molecular formula is C22H25FN6O4. The van der Waals surface area contributed by atoms with E-state index in [2.05, 4.69) is 20.9 Å². The predicted molar refractivity (Wildman–Crippen MR) is 118 cm³/mol. The Morgan fingerprint density at radius 3 is 2.42 bits per heavy atom. The molecule has 0 aliphatic carbocycles. The minimum atomic E-state index is -0.545. The van der Waals surface area contributed by atoms with E-state index in [0.29, 0.717) is 30.0 Å². The van der Waals surface area contributed by atoms with Crippen molar-refractivity contribution in [2.75, 3.05) is 26.5 Å². The number of halogens is 1. The summed E-state index contributed by atoms with van der Waals surface area (Å²) in [6, 6.07) is 11.3. The van der Waals surface area contributed by atoms with E-state index in [4.69, 9.17) is 15.2 Å². The van der Waals surface area contributed by atoms with E-state index < -0.39 is 5.91 Å². The van der Waals surface area contributed by atoms with Crippen molar-refractivity contribution in [2.45, 2.75) is 19.5 Å². The van der Waals surface area contributed by atoms with E-state index in [-0.39, 0.29) is 36.3 Å². The molecule has 4 N–H and O–H groups in total. The van der Waals surface area contributed by atoms with Crippen molar-refractivity contribution in [2.24, 2.45) is 0 Å². The van der Waals surface area contributed by atoms with E-state index in [0.717, 1.165) is 10.2 Å². The highest BCUT2D eigenvalue weighted by Gasteiger charge is 2.18. The van der Waals surface area contributed by atoms with Gasteiger partial charge in [-0.05, 0) is 41.8 Å². The summed E-state index contributed by atoms with van der Waals surface area (Å²) in [5.41, 5.74) is 7.53. The third-order valence-corrected chi connectivity index (χ3v) is 4.83. The van der Waals surface area contributed by atoms with Crippen LogP contribution in [-0.4, -0.2) is 47.6 Å². The van der Waals surface area contributed by atoms with Gasteiger partial charge in [0.15, 0.2) is 23.0 Å². The molecular weight excluding hydrogens is 431 g/mol. The molecule has 3 rings (SSSR count). The number of benzene rings is 2. The summed E-state index contributed by atoms with van der Waals surface area (Å²) in [5, 5.41) is 13.0. The first-order valence-corrected chi connectivity index (χ1v) is 10.1. The molecule has 2 aromatic carbocycles. The van der Waals surface area contributed by atoms with Crippen LogP contribution in [0.25, 0.3) is 0 Å². The fraction of sp³-hybridized carbons (Fsp3) is 0.273. The van der Waals surface area contributed by atoms with Gasteiger partial charge in [0.05, 0.1) is 14.2 Å². The van der Waals surface area contributed by atoms with Gasteiger partial charge in [-0.3, -0.25) is 9.59 Å². The number of carbonyl (C=O) groups excluding carboxylic acids is 2. The molecule has 1 aromatic heterocycles. The maximum atomic E-state index is 13.0. The zero-order chi connectivity index (χ0) is 23.8. The van der Waals surface area contributed by atoms with Gasteiger partial charge in [-0.2, -0.15) is 0 Å². The van der Waals surface area contributed by atoms with Crippen LogP contribution in [-0.2, 0) is 24.3 Å². The molecule has 0 fully saturated rings. The number of carbonyl (C=O) groups is 2. The third-order valence-electron chi connectivity index (χ3n) is 4.83. The monoisotopic (exact) mass is 456 g/mol. The van der Waals surface area contributed by atoms with E-state index in [1.54, 1.807) is 32.4 Å². The van der Waals surface area contributed by atoms with Gasteiger partial charge in [0.1, 0.15) is 12.4 Å². The number of ether oxygens (including phenoxy) is 2. The fourth-order valence-electron chi connectivity index (χ4n) is 3.04. The van der Waals surface area contributed by atoms with Gasteiger partial charge < -0.3 is 25.8 Å². The zero-order valence-electron chi connectivity index (χ0n) is 18.3. The molecule has 11 heteroatoms. The molecule has 0 spiro atoms. The molecule has 0 saturated heterocycles. The summed E-state index contributed by atoms with van der Waals surface area (Å²) in [4.78, 5) is 24.6. The lowest BCUT2D eigenvalue weighted by Crippen LogP contribution is -2.30. The Kier molecular flexibility index (Phi) is 7.79. The minimum Gasteiger partial charge on any atom is -0.493 e. The van der Waals surface area contributed by atoms with Crippen LogP contribution in [0, 0.1) is 5.82 Å². The van der Waals surface area contributed by atoms with E-state index in [9.17, 15) is 14.0 Å². The zero-order valence-corrected chi connectivity index (χ0v) is 18.3. The molecule has 0 saturated carbocycles. The number of hydrogen-bond acceptors (Lipinski definition) is 7. The van der Waals surface area contributed by atoms with E-state index >= 15 is 0 Å². The number of amides is 2. The Morgan fingerprint density at radius 1 is 1.03 bits per heavy atom. The molecule has 3 aromatic rings. The van der Waals surface area contributed by atoms with Crippen molar-refractivity contribution in [3.8, 4) is 11.5 Å². The first-order chi connectivity index (χ1) is 15.9. The van der Waals surface area contributed by atoms with Crippen LogP contribution in [0.15, 0.2) is 42.5 Å². The fourth-order valence-corrected chi connectivity index (χ4v) is 3.04. The second-order valence-corrected chi connectivity index (χ2v) is 7.08. The smallest absolute Gasteiger partial charge is 0.275 e. The van der Waals surface area contributed by atoms with Crippen molar-refractivity contribution in [1.29, 1.82) is 0 Å². The van der Waals surface area contributed by atoms with Crippen LogP contribution in [0.4, 0.5) is 10.2 Å². The summed E-state index contributed by atoms with van der Waals surface area (Å²) in [7, 11) is 3.12. The van der Waals surface area contributed by atoms with Gasteiger partial charge in [-0.25, -0.2) is 9.07 Å². The lowest BCUT2D eigenvalue weighted by molar-refractivity contribution is -0.121. The normalized spacial score (nSPS) is 10.5. The molecule has 0 atom stereocenters. The number of methoxy groups -OCH3 is 2. The van der Waals surface area contributed by atoms with Gasteiger partial charge in [-0.15, -0.1) is 5.10 Å². The SMILES string of the molecule is COc1ccc(CCNC(=O)Cn2nnc(C(=O)NCc3ccc(F)cc3)c2N)cc1OC. The number of aromatic nitrogens is 3. The number of anilines is 1. The Labute approximate surface area is 189 Å². The lowest BCUT2D eigenvalue weighted by Gasteiger charge is -2.10. The molecule has 2 amide bonds. The number of rotatable bonds is 10. The first-order valence-electron chi connectivity index (χ1n) is 10.1. The standard InChI is InChI=1S/C22H25FN6O4/c1-32-17-8-5-14(11-18(17)33-2)9-10-25-19(30)13-29-21(24)20(27-28-29)22(31)26-12-15-3-6-16(23)7-4-15/h3-8,11H,9-10,12-13,24H2,1-2H3,(H,25,30)(H,26,31). The predicted octanol–water partition coefficient (Wildman–Crippen LogP) is 1.31. The van der Waals surface area contributed by atoms with Crippen LogP contribution < -0.4 is 25.8 Å². The van der Waals surface area contributed by atoms with Crippen LogP contribution in [0.5, 0.6) is 11.5 Å². The van der Waals surface area contributed by atoms with Crippen molar-refractivity contribution >= 4 is 17.6 Å². The number of nitrogens with one attached hydrogen (secondary N) is 2. The lowest BCUT2D eigenvalue weighted by atomic mass is 10.1. The highest BCUT2D eigenvalue weighted by molar-refractivity contribution is 5.96. The van der Waals surface area contributed by atoms with Crippen LogP contribution in [0.2, 0.25) is 0 Å². The van der Waals surface area contributed by atoms with Gasteiger partial charge in [0.2, 0.25) is 5.91 Å². The second kappa shape index (κ2) is 10.9. The summed E-state index contributed by atoms with van der Waals surface area (Å²) in [6.45, 7) is 0.367. The average Bonchev–Trinajstić information content (AvgIpc) is 3.18. The second-order valence-electron chi connectivity index (χ2n) is 7.08. The Hall–Kier alpha value is -4.15. The summed E-state index contributed by atoms with van der Waals surface area (Å²) in [6.07, 6.45) is 0.579. The molecule has 0 radical (unpaired) electrons. The summed E-state index contributed by atoms with van der Waals surface area (Å²) < 4.78 is 24.6. The molecule has 10 nitrogen and oxygen atoms in total. The maximum absolute atomic E-state index is 13.0. The van der Waals surface area contributed by atoms with Gasteiger partial charge >= 0.3 is 0 Å². The summed E-state index contributed by atoms with van der Waals surface area (Å²) >= 11 is 0. The van der Waals surface area contributed by atoms with E-state index in [1.807, 2.05) is 12.1 Å². The Morgan fingerprint density at radius 2 is 1.73 bits per heavy atom. The van der Waals surface area contributed by atoms with Crippen molar-refractivity contribution in [1.82, 2.24) is 25.6 Å². The van der Waals surface area contributed by atoms with Crippen molar-refractivity contribution < 1.29 is 23.5 Å². The maximum Gasteiger partial charge on any atom is 0.275 e. The highest BCUT2D eigenvalue weighted by atomic mass is 19.1. The number of nitrogens with zero attached hydrogens (tertiary/aromatic N) is 3. The molecule has 0 aliphatic rings. The first kappa shape index (κ1) is 23.5. The number of nitrogen functional groups attached to an aromatic ring is 1. The molecule has 174 valence electrons. The van der Waals surface area contributed by atoms with E-state index in [1.165, 1.54) is 12.1 Å². The third kappa shape index (κ3) is 6.19. The highest BCUT2D eigenvalue weighted by Crippen LogP contribution is 2.27. The van der Waals surface area contributed by atoms with Crippen molar-refractivity contribution in [3.05, 3.63) is 65.1 Å². The molecule has 0 aliphatic heterocycles. The average molecular weight is 456 g/mol. The van der Waals surface area contributed by atoms with Crippen LogP contribution in [0.3, 0.4) is 0 Å². The molecule has 0 unspecified atom stereocenters. The molecule has 1 heterocycles. The Bertz CT molecular complexity index is 1120. The van der Waals surface area contributed by atoms with Gasteiger partial charge in [0, 0.05) is 13.1 Å². The quantitative estimate of drug-likeness (QED) is 0.419. The number of hydrogen-bond donors (Lipinski definition) is 3. The van der Waals surface area contributed by atoms with Gasteiger partial charge in [0.25, 0.3) is 5.91 Å². The topological polar surface area (TPSA) is 133 Å². The van der Waals surface area contributed by atoms with Crippen LogP contribution in [0.1, 0.15) is 21.6 Å². The molecule has 0 bridgehead atoms. The largest absolute Gasteiger partial charge is 0.493 e.